The summed E-state index contributed by atoms with van der Waals surface area (Å²) in [7, 11) is -1.59. The van der Waals surface area contributed by atoms with Crippen LogP contribution in [0.2, 0.25) is 5.02 Å². The monoisotopic (exact) mass is 516 g/mol. The summed E-state index contributed by atoms with van der Waals surface area (Å²) in [5, 5.41) is 11.8. The average molecular weight is 517 g/mol. The molecule has 1 aliphatic heterocycles. The Labute approximate surface area is 210 Å². The van der Waals surface area contributed by atoms with Gasteiger partial charge in [0.1, 0.15) is 5.02 Å². The number of benzene rings is 2. The van der Waals surface area contributed by atoms with E-state index in [0.29, 0.717) is 16.8 Å². The van der Waals surface area contributed by atoms with Gasteiger partial charge in [0, 0.05) is 49.8 Å². The number of likely N-dealkylation sites (N-methyl/N-ethyl adjacent to an activating group) is 1. The Bertz CT molecular complexity index is 1280. The zero-order valence-corrected chi connectivity index (χ0v) is 21.2. The number of nitrogens with zero attached hydrogens (tertiary/aromatic N) is 4. The maximum Gasteiger partial charge on any atom is 0.274 e. The number of nitrogens with two attached hydrogens (primary N) is 1. The lowest BCUT2D eigenvalue weighted by molar-refractivity contribution is 0.312. The van der Waals surface area contributed by atoms with Crippen LogP contribution in [0.5, 0.6) is 0 Å². The lowest BCUT2D eigenvalue weighted by atomic mass is 10.1. The van der Waals surface area contributed by atoms with Crippen molar-refractivity contribution in [2.75, 3.05) is 48.8 Å². The van der Waals surface area contributed by atoms with Gasteiger partial charge in [0.15, 0.2) is 5.82 Å². The predicted molar refractivity (Wildman–Crippen MR) is 141 cm³/mol. The largest absolute Gasteiger partial charge is 0.369 e. The lowest BCUT2D eigenvalue weighted by Crippen LogP contribution is -2.44. The van der Waals surface area contributed by atoms with E-state index in [2.05, 4.69) is 61.2 Å². The SMILES string of the molecule is Cc1cc(Nc2ncc(Cl)c(Nc3ccc(CNS(N)(=O)=O)cc3)n2)ccc1N1CCN(C)CC1. The third-order valence-corrected chi connectivity index (χ3v) is 6.56. The van der Waals surface area contributed by atoms with E-state index in [1.807, 2.05) is 6.07 Å². The first-order valence-electron chi connectivity index (χ1n) is 11.1. The highest BCUT2D eigenvalue weighted by Crippen LogP contribution is 2.28. The third-order valence-electron chi connectivity index (χ3n) is 5.74. The third kappa shape index (κ3) is 7.03. The number of aryl methyl sites for hydroxylation is 1. The molecule has 35 heavy (non-hydrogen) atoms. The average Bonchev–Trinajstić information content (AvgIpc) is 2.81. The van der Waals surface area contributed by atoms with Gasteiger partial charge in [-0.25, -0.2) is 10.1 Å². The van der Waals surface area contributed by atoms with E-state index in [9.17, 15) is 8.42 Å². The highest BCUT2D eigenvalue weighted by atomic mass is 35.5. The number of hydrogen-bond acceptors (Lipinski definition) is 8. The number of nitrogens with one attached hydrogen (secondary N) is 3. The number of rotatable bonds is 8. The fraction of sp³-hybridized carbons (Fsp3) is 0.304. The molecule has 0 saturated carbocycles. The minimum Gasteiger partial charge on any atom is -0.369 e. The standard InChI is InChI=1S/C23H29ClN8O2S/c1-16-13-19(7-8-21(16)32-11-9-31(2)10-12-32)29-23-26-15-20(24)22(30-23)28-18-5-3-17(4-6-18)14-27-35(25,33)34/h3-8,13,15,27H,9-12,14H2,1-2H3,(H2,25,33,34)(H2,26,28,29,30). The van der Waals surface area contributed by atoms with Crippen molar-refractivity contribution in [3.05, 3.63) is 64.8 Å². The Morgan fingerprint density at radius 3 is 2.37 bits per heavy atom. The van der Waals surface area contributed by atoms with Crippen LogP contribution >= 0.6 is 11.6 Å². The van der Waals surface area contributed by atoms with Crippen molar-refractivity contribution in [1.82, 2.24) is 19.6 Å². The second-order valence-corrected chi connectivity index (χ2v) is 10.3. The van der Waals surface area contributed by atoms with Crippen LogP contribution in [0, 0.1) is 6.92 Å². The molecule has 186 valence electrons. The Morgan fingerprint density at radius 1 is 1.03 bits per heavy atom. The van der Waals surface area contributed by atoms with Crippen LogP contribution in [0.15, 0.2) is 48.7 Å². The van der Waals surface area contributed by atoms with E-state index in [4.69, 9.17) is 16.7 Å². The number of aromatic nitrogens is 2. The number of hydrogen-bond donors (Lipinski definition) is 4. The number of piperazine rings is 1. The second-order valence-electron chi connectivity index (χ2n) is 8.49. The van der Waals surface area contributed by atoms with Crippen LogP contribution in [-0.4, -0.2) is 56.5 Å². The first-order chi connectivity index (χ1) is 16.7. The van der Waals surface area contributed by atoms with Gasteiger partial charge >= 0.3 is 0 Å². The molecule has 12 heteroatoms. The minimum atomic E-state index is -3.74. The molecule has 5 N–H and O–H groups in total. The van der Waals surface area contributed by atoms with E-state index in [1.54, 1.807) is 24.3 Å². The Morgan fingerprint density at radius 2 is 1.71 bits per heavy atom. The van der Waals surface area contributed by atoms with Crippen LogP contribution in [0.4, 0.5) is 28.8 Å². The van der Waals surface area contributed by atoms with Crippen LogP contribution in [0.1, 0.15) is 11.1 Å². The van der Waals surface area contributed by atoms with E-state index < -0.39 is 10.2 Å². The maximum atomic E-state index is 11.0. The smallest absolute Gasteiger partial charge is 0.274 e. The highest BCUT2D eigenvalue weighted by molar-refractivity contribution is 7.87. The maximum absolute atomic E-state index is 11.0. The molecule has 0 radical (unpaired) electrons. The molecule has 0 aliphatic carbocycles. The number of anilines is 5. The molecule has 1 saturated heterocycles. The summed E-state index contributed by atoms with van der Waals surface area (Å²) in [5.41, 5.74) is 4.81. The normalized spacial score (nSPS) is 14.7. The molecular formula is C23H29ClN8O2S. The second kappa shape index (κ2) is 10.8. The first-order valence-corrected chi connectivity index (χ1v) is 13.1. The summed E-state index contributed by atoms with van der Waals surface area (Å²) >= 11 is 6.31. The Kier molecular flexibility index (Phi) is 7.72. The van der Waals surface area contributed by atoms with E-state index >= 15 is 0 Å². The van der Waals surface area contributed by atoms with Gasteiger partial charge in [-0.05, 0) is 55.4 Å². The molecule has 1 aromatic heterocycles. The molecule has 0 spiro atoms. The highest BCUT2D eigenvalue weighted by Gasteiger charge is 2.16. The van der Waals surface area contributed by atoms with Crippen LogP contribution < -0.4 is 25.4 Å². The molecule has 0 amide bonds. The van der Waals surface area contributed by atoms with Crippen molar-refractivity contribution in [3.8, 4) is 0 Å². The van der Waals surface area contributed by atoms with Crippen molar-refractivity contribution >= 4 is 50.6 Å². The Balaban J connectivity index is 1.42. The van der Waals surface area contributed by atoms with Crippen molar-refractivity contribution in [1.29, 1.82) is 0 Å². The van der Waals surface area contributed by atoms with Gasteiger partial charge in [0.25, 0.3) is 10.2 Å². The first kappa shape index (κ1) is 25.1. The summed E-state index contributed by atoms with van der Waals surface area (Å²) < 4.78 is 24.3. The molecule has 2 heterocycles. The quantitative estimate of drug-likeness (QED) is 0.359. The van der Waals surface area contributed by atoms with Gasteiger partial charge < -0.3 is 20.4 Å². The summed E-state index contributed by atoms with van der Waals surface area (Å²) in [4.78, 5) is 13.6. The fourth-order valence-corrected chi connectivity index (χ4v) is 4.31. The number of halogens is 1. The van der Waals surface area contributed by atoms with Gasteiger partial charge in [-0.2, -0.15) is 18.1 Å². The van der Waals surface area contributed by atoms with Crippen molar-refractivity contribution in [2.45, 2.75) is 13.5 Å². The molecule has 0 atom stereocenters. The zero-order chi connectivity index (χ0) is 25.0. The molecule has 1 aliphatic rings. The van der Waals surface area contributed by atoms with Crippen LogP contribution in [0.25, 0.3) is 0 Å². The minimum absolute atomic E-state index is 0.106. The van der Waals surface area contributed by atoms with Crippen molar-refractivity contribution in [2.24, 2.45) is 5.14 Å². The van der Waals surface area contributed by atoms with Crippen molar-refractivity contribution < 1.29 is 8.42 Å². The molecule has 1 fully saturated rings. The molecular weight excluding hydrogens is 488 g/mol. The summed E-state index contributed by atoms with van der Waals surface area (Å²) in [6.07, 6.45) is 1.54. The summed E-state index contributed by atoms with van der Waals surface area (Å²) in [6.45, 7) is 6.36. The van der Waals surface area contributed by atoms with Gasteiger partial charge in [-0.3, -0.25) is 0 Å². The van der Waals surface area contributed by atoms with E-state index in [-0.39, 0.29) is 6.54 Å². The molecule has 10 nitrogen and oxygen atoms in total. The van der Waals surface area contributed by atoms with Gasteiger partial charge in [0.2, 0.25) is 5.95 Å². The van der Waals surface area contributed by atoms with Crippen molar-refractivity contribution in [3.63, 3.8) is 0 Å². The van der Waals surface area contributed by atoms with Gasteiger partial charge in [-0.15, -0.1) is 0 Å². The van der Waals surface area contributed by atoms with Gasteiger partial charge in [0.05, 0.1) is 6.20 Å². The summed E-state index contributed by atoms with van der Waals surface area (Å²) in [6, 6.07) is 13.4. The molecule has 0 unspecified atom stereocenters. The molecule has 3 aromatic rings. The van der Waals surface area contributed by atoms with Gasteiger partial charge in [-0.1, -0.05) is 23.7 Å². The lowest BCUT2D eigenvalue weighted by Gasteiger charge is -2.35. The molecule has 2 aromatic carbocycles. The fourth-order valence-electron chi connectivity index (χ4n) is 3.81. The van der Waals surface area contributed by atoms with E-state index in [1.165, 1.54) is 17.4 Å². The topological polar surface area (TPSA) is 129 Å². The zero-order valence-electron chi connectivity index (χ0n) is 19.6. The van der Waals surface area contributed by atoms with Crippen LogP contribution in [-0.2, 0) is 16.8 Å². The van der Waals surface area contributed by atoms with E-state index in [0.717, 1.165) is 43.1 Å². The molecule has 4 rings (SSSR count). The predicted octanol–water partition coefficient (Wildman–Crippen LogP) is 2.97. The van der Waals surface area contributed by atoms with Crippen LogP contribution in [0.3, 0.4) is 0 Å². The summed E-state index contributed by atoms with van der Waals surface area (Å²) in [5.74, 6) is 0.864. The Hall–Kier alpha value is -2.96. The molecule has 0 bridgehead atoms.